The topological polar surface area (TPSA) is 107 Å². The van der Waals surface area contributed by atoms with Crippen molar-refractivity contribution in [3.05, 3.63) is 63.7 Å². The molecular formula is C25H23B3ClFN6O2. The summed E-state index contributed by atoms with van der Waals surface area (Å²) in [5, 5.41) is 5.65. The highest BCUT2D eigenvalue weighted by Gasteiger charge is 2.26. The number of amides is 1. The highest BCUT2D eigenvalue weighted by Crippen LogP contribution is 2.39. The zero-order valence-electron chi connectivity index (χ0n) is 21.1. The second kappa shape index (κ2) is 10.7. The Bertz CT molecular complexity index is 1470. The lowest BCUT2D eigenvalue weighted by molar-refractivity contribution is -0.114. The van der Waals surface area contributed by atoms with Gasteiger partial charge in [-0.2, -0.15) is 5.10 Å². The number of halogens is 2. The molecule has 4 rings (SSSR count). The number of fused-ring (bicyclic) bond motifs is 5. The van der Waals surface area contributed by atoms with Crippen molar-refractivity contribution in [3.8, 4) is 17.0 Å². The predicted octanol–water partition coefficient (Wildman–Crippen LogP) is 3.34. The molecule has 3 N–H and O–H groups in total. The number of nitrogens with one attached hydrogen (secondary N) is 1. The van der Waals surface area contributed by atoms with Crippen molar-refractivity contribution in [1.82, 2.24) is 14.8 Å². The van der Waals surface area contributed by atoms with E-state index >= 15 is 0 Å². The van der Waals surface area contributed by atoms with Gasteiger partial charge in [0, 0.05) is 67.3 Å². The third kappa shape index (κ3) is 5.80. The number of carbonyl (C=O) groups excluding carboxylic acids is 1. The fraction of sp³-hybridized carbons (Fsp3) is 0.280. The van der Waals surface area contributed by atoms with Gasteiger partial charge in [-0.1, -0.05) is 11.6 Å². The van der Waals surface area contributed by atoms with Gasteiger partial charge in [-0.3, -0.25) is 14.5 Å². The molecule has 38 heavy (non-hydrogen) atoms. The Morgan fingerprint density at radius 1 is 1.39 bits per heavy atom. The molecule has 0 aliphatic carbocycles. The van der Waals surface area contributed by atoms with Crippen LogP contribution in [-0.2, 0) is 17.8 Å². The van der Waals surface area contributed by atoms with Crippen LogP contribution in [-0.4, -0.2) is 57.5 Å². The Kier molecular flexibility index (Phi) is 7.74. The fourth-order valence-corrected chi connectivity index (χ4v) is 4.59. The molecule has 2 bridgehead atoms. The summed E-state index contributed by atoms with van der Waals surface area (Å²) < 4.78 is 22.1. The molecule has 1 aliphatic rings. The number of ether oxygens (including phenoxy) is 1. The lowest BCUT2D eigenvalue weighted by Crippen LogP contribution is -2.22. The molecule has 0 spiro atoms. The lowest BCUT2D eigenvalue weighted by atomic mass is 9.43. The van der Waals surface area contributed by atoms with Crippen molar-refractivity contribution in [2.24, 2.45) is 10.7 Å². The number of benzene rings is 1. The Hall–Kier alpha value is -3.53. The van der Waals surface area contributed by atoms with Gasteiger partial charge in [0.1, 0.15) is 11.9 Å². The molecular weight excluding hydrogens is 503 g/mol. The molecule has 2 aromatic heterocycles. The first-order valence-corrected chi connectivity index (χ1v) is 12.0. The second-order valence-corrected chi connectivity index (χ2v) is 9.49. The van der Waals surface area contributed by atoms with E-state index in [1.165, 1.54) is 29.9 Å². The van der Waals surface area contributed by atoms with Crippen LogP contribution in [0, 0.1) is 5.82 Å². The van der Waals surface area contributed by atoms with Crippen LogP contribution in [0.5, 0.6) is 5.75 Å². The molecule has 8 nitrogen and oxygen atoms in total. The largest absolute Gasteiger partial charge is 0.482 e. The van der Waals surface area contributed by atoms with E-state index in [9.17, 15) is 9.18 Å². The van der Waals surface area contributed by atoms with Crippen LogP contribution in [0.15, 0.2) is 41.0 Å². The minimum absolute atomic E-state index is 0.0827. The van der Waals surface area contributed by atoms with E-state index in [2.05, 4.69) is 20.4 Å². The molecule has 0 saturated carbocycles. The van der Waals surface area contributed by atoms with Gasteiger partial charge < -0.3 is 15.8 Å². The first-order valence-electron chi connectivity index (χ1n) is 11.6. The van der Waals surface area contributed by atoms with Crippen LogP contribution in [0.1, 0.15) is 36.6 Å². The van der Waals surface area contributed by atoms with Crippen molar-refractivity contribution in [2.75, 3.05) is 12.4 Å². The number of allylic oxidation sites excluding steroid dienone is 1. The van der Waals surface area contributed by atoms with Crippen LogP contribution < -0.4 is 15.8 Å². The van der Waals surface area contributed by atoms with E-state index < -0.39 is 17.0 Å². The molecule has 188 valence electrons. The Morgan fingerprint density at radius 3 is 2.79 bits per heavy atom. The van der Waals surface area contributed by atoms with Crippen molar-refractivity contribution < 1.29 is 13.9 Å². The number of pyridine rings is 1. The van der Waals surface area contributed by atoms with Crippen molar-refractivity contribution in [2.45, 2.75) is 38.0 Å². The van der Waals surface area contributed by atoms with E-state index in [1.807, 2.05) is 0 Å². The van der Waals surface area contributed by atoms with E-state index in [1.54, 1.807) is 32.3 Å². The Labute approximate surface area is 229 Å². The summed E-state index contributed by atoms with van der Waals surface area (Å²) in [6, 6.07) is 5.93. The number of carbonyl (C=O) groups is 1. The van der Waals surface area contributed by atoms with Crippen LogP contribution >= 0.6 is 11.6 Å². The van der Waals surface area contributed by atoms with E-state index in [0.29, 0.717) is 39.2 Å². The van der Waals surface area contributed by atoms with Crippen LogP contribution in [0.2, 0.25) is 10.3 Å². The molecule has 3 aromatic rings. The quantitative estimate of drug-likeness (QED) is 0.401. The number of rotatable bonds is 4. The number of aliphatic imine (C=N–C) groups is 1. The molecule has 1 amide bonds. The van der Waals surface area contributed by atoms with Gasteiger partial charge in [-0.15, -0.1) is 5.11 Å². The van der Waals surface area contributed by atoms with Gasteiger partial charge in [0.15, 0.2) is 16.7 Å². The monoisotopic (exact) mass is 526 g/mol. The lowest BCUT2D eigenvalue weighted by Gasteiger charge is -2.24. The summed E-state index contributed by atoms with van der Waals surface area (Å²) in [6.07, 6.45) is 2.65. The minimum Gasteiger partial charge on any atom is -0.482 e. The summed E-state index contributed by atoms with van der Waals surface area (Å²) in [6.45, 7) is 3.01. The van der Waals surface area contributed by atoms with Crippen molar-refractivity contribution in [1.29, 1.82) is 0 Å². The molecule has 3 heterocycles. The molecule has 6 radical (unpaired) electrons. The summed E-state index contributed by atoms with van der Waals surface area (Å²) in [4.78, 5) is 20.5. The van der Waals surface area contributed by atoms with Crippen LogP contribution in [0.25, 0.3) is 17.0 Å². The Balaban J connectivity index is 2.07. The van der Waals surface area contributed by atoms with Crippen molar-refractivity contribution in [3.63, 3.8) is 0 Å². The van der Waals surface area contributed by atoms with Gasteiger partial charge in [0.05, 0.1) is 29.2 Å². The molecule has 1 aliphatic heterocycles. The highest BCUT2D eigenvalue weighted by molar-refractivity contribution is 6.58. The van der Waals surface area contributed by atoms with Crippen LogP contribution in [0.3, 0.4) is 0 Å². The van der Waals surface area contributed by atoms with Crippen LogP contribution in [0.4, 0.5) is 10.2 Å². The first-order chi connectivity index (χ1) is 17.9. The highest BCUT2D eigenvalue weighted by atomic mass is 35.5. The van der Waals surface area contributed by atoms with Gasteiger partial charge in [0.25, 0.3) is 0 Å². The first kappa shape index (κ1) is 27.5. The second-order valence-electron chi connectivity index (χ2n) is 9.13. The average molecular weight is 526 g/mol. The molecule has 0 fully saturated rings. The van der Waals surface area contributed by atoms with E-state index in [-0.39, 0.29) is 35.6 Å². The molecule has 1 aromatic carbocycles. The summed E-state index contributed by atoms with van der Waals surface area (Å²) in [7, 11) is 19.3. The number of hydrogen-bond donors (Lipinski definition) is 2. The summed E-state index contributed by atoms with van der Waals surface area (Å²) in [5.41, 5.74) is 10.3. The van der Waals surface area contributed by atoms with Gasteiger partial charge in [0.2, 0.25) is 5.91 Å². The standard InChI is InChI=1S/C25H23B3ClFN6O2/c1-12-18-8-16(30)4-5-17(18)21(31)14(9-32-3)6-19-22(36(35-23(19)29)11-25(26,27)28)15-7-20(38-12)24(33-10-15)34-13(2)37/h4-5,7-10,12H,6,11,31H2,1-3H3,(H,33,34,37)/b21-14-,32-9?/t12-/m1/s1. The smallest absolute Gasteiger partial charge is 0.222 e. The van der Waals surface area contributed by atoms with Gasteiger partial charge >= 0.3 is 0 Å². The zero-order valence-corrected chi connectivity index (χ0v) is 21.9. The molecule has 0 saturated heterocycles. The number of nitrogens with two attached hydrogens (primary N) is 1. The number of nitrogens with zero attached hydrogens (tertiary/aromatic N) is 4. The van der Waals surface area contributed by atoms with Gasteiger partial charge in [-0.05, 0) is 36.8 Å². The Morgan fingerprint density at radius 2 is 2.13 bits per heavy atom. The number of aromatic nitrogens is 3. The number of hydrogen-bond acceptors (Lipinski definition) is 6. The van der Waals surface area contributed by atoms with E-state index in [0.717, 1.165) is 0 Å². The maximum absolute atomic E-state index is 14.4. The molecule has 1 atom stereocenters. The predicted molar refractivity (Wildman–Crippen MR) is 149 cm³/mol. The third-order valence-electron chi connectivity index (χ3n) is 5.89. The fourth-order valence-electron chi connectivity index (χ4n) is 4.35. The molecule has 0 unspecified atom stereocenters. The zero-order chi connectivity index (χ0) is 27.8. The average Bonchev–Trinajstić information content (AvgIpc) is 3.11. The third-order valence-corrected chi connectivity index (χ3v) is 6.19. The maximum atomic E-state index is 14.4. The molecule has 13 heteroatoms. The number of anilines is 1. The normalized spacial score (nSPS) is 17.7. The minimum atomic E-state index is -1.60. The summed E-state index contributed by atoms with van der Waals surface area (Å²) >= 11 is 6.63. The van der Waals surface area contributed by atoms with Crippen molar-refractivity contribution >= 4 is 58.8 Å². The maximum Gasteiger partial charge on any atom is 0.222 e. The summed E-state index contributed by atoms with van der Waals surface area (Å²) in [5.74, 6) is -0.402. The van der Waals surface area contributed by atoms with E-state index in [4.69, 9.17) is 45.6 Å². The van der Waals surface area contributed by atoms with Gasteiger partial charge in [-0.25, -0.2) is 9.37 Å². The SMILES string of the molecule is [B]C([B])([B])Cn1nc(Cl)c2c1-c1cnc(NC(C)=O)c(c1)O[C@H](C)c1cc(F)ccc1/C(N)=C(/C=NC)C2.